The van der Waals surface area contributed by atoms with E-state index in [9.17, 15) is 9.59 Å². The first-order valence-corrected chi connectivity index (χ1v) is 9.27. The van der Waals surface area contributed by atoms with Crippen molar-refractivity contribution in [2.75, 3.05) is 12.3 Å². The van der Waals surface area contributed by atoms with E-state index < -0.39 is 18.2 Å². The van der Waals surface area contributed by atoms with Crippen molar-refractivity contribution in [3.63, 3.8) is 0 Å². The largest absolute Gasteiger partial charge is 0.436 e. The summed E-state index contributed by atoms with van der Waals surface area (Å²) < 4.78 is 13.9. The van der Waals surface area contributed by atoms with E-state index in [1.165, 1.54) is 17.9 Å². The molecule has 0 amide bonds. The minimum Gasteiger partial charge on any atom is -0.430 e. The molecule has 0 saturated carbocycles. The number of ether oxygens (including phenoxy) is 1. The summed E-state index contributed by atoms with van der Waals surface area (Å²) in [6.45, 7) is 2.66. The number of hydroxylamine groups is 2. The summed E-state index contributed by atoms with van der Waals surface area (Å²) in [4.78, 5) is 27.8. The number of thioether (sulfide) groups is 1. The van der Waals surface area contributed by atoms with E-state index >= 15 is 0 Å². The lowest BCUT2D eigenvalue weighted by Gasteiger charge is -2.35. The molecule has 0 bridgehead atoms. The van der Waals surface area contributed by atoms with Gasteiger partial charge < -0.3 is 9.57 Å². The molecule has 9 heteroatoms. The Kier molecular flexibility index (Phi) is 5.29. The van der Waals surface area contributed by atoms with Gasteiger partial charge in [-0.15, -0.1) is 11.8 Å². The van der Waals surface area contributed by atoms with Gasteiger partial charge >= 0.3 is 11.9 Å². The Labute approximate surface area is 142 Å². The van der Waals surface area contributed by atoms with Crippen LogP contribution >= 0.6 is 23.5 Å². The number of nitrogens with zero attached hydrogens (tertiary/aromatic N) is 3. The highest BCUT2D eigenvalue weighted by Gasteiger charge is 2.42. The fourth-order valence-corrected chi connectivity index (χ4v) is 4.10. The number of esters is 1. The zero-order valence-corrected chi connectivity index (χ0v) is 14.3. The van der Waals surface area contributed by atoms with Crippen LogP contribution in [-0.2, 0) is 19.2 Å². The smallest absolute Gasteiger partial charge is 0.430 e. The Morgan fingerprint density at radius 2 is 2.22 bits per heavy atom. The quantitative estimate of drug-likeness (QED) is 0.333. The maximum absolute atomic E-state index is 11.5. The lowest BCUT2D eigenvalue weighted by atomic mass is 10.1. The third-order valence-electron chi connectivity index (χ3n) is 3.55. The summed E-state index contributed by atoms with van der Waals surface area (Å²) in [5.74, 6) is -0.977. The summed E-state index contributed by atoms with van der Waals surface area (Å²) in [6, 6.07) is 0. The monoisotopic (exact) mass is 355 g/mol. The van der Waals surface area contributed by atoms with E-state index in [-0.39, 0.29) is 0 Å². The Balaban J connectivity index is 1.76. The van der Waals surface area contributed by atoms with Gasteiger partial charge in [0.05, 0.1) is 11.7 Å². The molecular formula is C14H17N3O4S2. The molecule has 3 rings (SSSR count). The Bertz CT molecular complexity index is 631. The average molecular weight is 355 g/mol. The second-order valence-electron chi connectivity index (χ2n) is 5.20. The van der Waals surface area contributed by atoms with Crippen LogP contribution in [0.2, 0.25) is 0 Å². The van der Waals surface area contributed by atoms with E-state index in [0.29, 0.717) is 13.0 Å². The van der Waals surface area contributed by atoms with E-state index in [0.717, 1.165) is 40.2 Å². The highest BCUT2D eigenvalue weighted by molar-refractivity contribution is 7.99. The normalized spacial score (nSPS) is 21.4. The third-order valence-corrected chi connectivity index (χ3v) is 5.24. The van der Waals surface area contributed by atoms with Gasteiger partial charge in [0, 0.05) is 12.1 Å². The molecule has 23 heavy (non-hydrogen) atoms. The molecule has 1 atom stereocenters. The van der Waals surface area contributed by atoms with Gasteiger partial charge in [-0.1, -0.05) is 30.9 Å². The van der Waals surface area contributed by atoms with Crippen molar-refractivity contribution in [2.45, 2.75) is 43.9 Å². The molecular weight excluding hydrogens is 338 g/mol. The molecule has 0 radical (unpaired) electrons. The number of rotatable bonds is 6. The minimum atomic E-state index is -0.979. The van der Waals surface area contributed by atoms with E-state index in [1.807, 2.05) is 6.08 Å². The average Bonchev–Trinajstić information content (AvgIpc) is 3.00. The summed E-state index contributed by atoms with van der Waals surface area (Å²) in [5, 5.41) is 2.23. The number of fused-ring (bicyclic) bond motifs is 1. The molecule has 1 fully saturated rings. The number of hydrogen-bond donors (Lipinski definition) is 0. The van der Waals surface area contributed by atoms with Gasteiger partial charge in [0.15, 0.2) is 0 Å². The van der Waals surface area contributed by atoms with Crippen molar-refractivity contribution >= 4 is 41.0 Å². The van der Waals surface area contributed by atoms with Crippen LogP contribution in [-0.4, -0.2) is 44.3 Å². The highest BCUT2D eigenvalue weighted by Crippen LogP contribution is 2.35. The molecule has 2 aliphatic heterocycles. The molecule has 0 aliphatic carbocycles. The summed E-state index contributed by atoms with van der Waals surface area (Å²) in [6.07, 6.45) is 5.42. The number of unbranched alkanes of at least 4 members (excludes halogenated alkanes) is 2. The molecule has 7 nitrogen and oxygen atoms in total. The lowest BCUT2D eigenvalue weighted by molar-refractivity contribution is -0.254. The van der Waals surface area contributed by atoms with Gasteiger partial charge in [-0.3, -0.25) is 0 Å². The molecule has 0 N–H and O–H groups in total. The molecule has 124 valence electrons. The Morgan fingerprint density at radius 3 is 3.04 bits per heavy atom. The first kappa shape index (κ1) is 16.4. The maximum atomic E-state index is 11.5. The van der Waals surface area contributed by atoms with Crippen molar-refractivity contribution in [3.8, 4) is 0 Å². The van der Waals surface area contributed by atoms with Crippen molar-refractivity contribution in [1.82, 2.24) is 13.8 Å². The molecule has 2 aliphatic rings. The molecule has 1 saturated heterocycles. The van der Waals surface area contributed by atoms with Gasteiger partial charge in [0.1, 0.15) is 10.7 Å². The topological polar surface area (TPSA) is 81.6 Å². The van der Waals surface area contributed by atoms with Crippen molar-refractivity contribution in [2.24, 2.45) is 0 Å². The fraction of sp³-hybridized carbons (Fsp3) is 0.571. The zero-order valence-electron chi connectivity index (χ0n) is 12.7. The van der Waals surface area contributed by atoms with Gasteiger partial charge in [0.25, 0.3) is 0 Å². The van der Waals surface area contributed by atoms with Crippen LogP contribution in [0.4, 0.5) is 0 Å². The predicted molar refractivity (Wildman–Crippen MR) is 85.4 cm³/mol. The van der Waals surface area contributed by atoms with Gasteiger partial charge in [-0.05, 0) is 18.6 Å². The van der Waals surface area contributed by atoms with Crippen LogP contribution in [0, 0.1) is 0 Å². The maximum Gasteiger partial charge on any atom is 0.436 e. The number of carbonyl (C=O) groups excluding carboxylic acids is 2. The molecule has 1 aromatic heterocycles. The van der Waals surface area contributed by atoms with E-state index in [2.05, 4.69) is 15.7 Å². The molecule has 0 aromatic carbocycles. The van der Waals surface area contributed by atoms with Crippen LogP contribution < -0.4 is 0 Å². The number of aromatic nitrogens is 2. The first-order chi connectivity index (χ1) is 11.2. The molecule has 1 aromatic rings. The number of hydrogen-bond acceptors (Lipinski definition) is 9. The van der Waals surface area contributed by atoms with Crippen molar-refractivity contribution < 1.29 is 19.2 Å². The summed E-state index contributed by atoms with van der Waals surface area (Å²) in [5.41, 5.74) is 1.46. The summed E-state index contributed by atoms with van der Waals surface area (Å²) >= 11 is 2.79. The lowest BCUT2D eigenvalue weighted by Crippen LogP contribution is -2.50. The summed E-state index contributed by atoms with van der Waals surface area (Å²) in [7, 11) is 0. The Morgan fingerprint density at radius 1 is 1.35 bits per heavy atom. The van der Waals surface area contributed by atoms with Crippen molar-refractivity contribution in [3.05, 3.63) is 11.8 Å². The highest BCUT2D eigenvalue weighted by atomic mass is 32.2. The minimum absolute atomic E-state index is 0.490. The standard InChI is InChI=1S/C14H17N3O4S2/c1-2-3-4-8-22-11-10(15-23-16-11)9-6-5-7-17-12(9)20-13(18)14(19)21-17/h6,12H,2-5,7-8H2,1H3. The van der Waals surface area contributed by atoms with Gasteiger partial charge in [-0.25, -0.2) is 9.59 Å². The SMILES string of the molecule is CCCCCSc1nsnc1C1=CCCN2OC(=O)C(=O)OC12. The van der Waals surface area contributed by atoms with Gasteiger partial charge in [0.2, 0.25) is 6.23 Å². The second-order valence-corrected chi connectivity index (χ2v) is 6.81. The fourth-order valence-electron chi connectivity index (χ4n) is 2.42. The van der Waals surface area contributed by atoms with Gasteiger partial charge in [-0.2, -0.15) is 8.75 Å². The zero-order chi connectivity index (χ0) is 16.2. The first-order valence-electron chi connectivity index (χ1n) is 7.56. The van der Waals surface area contributed by atoms with Crippen LogP contribution in [0.3, 0.4) is 0 Å². The second kappa shape index (κ2) is 7.41. The van der Waals surface area contributed by atoms with Crippen LogP contribution in [0.5, 0.6) is 0 Å². The number of carbonyl (C=O) groups is 2. The third kappa shape index (κ3) is 3.56. The van der Waals surface area contributed by atoms with E-state index in [4.69, 9.17) is 9.57 Å². The van der Waals surface area contributed by atoms with Crippen LogP contribution in [0.1, 0.15) is 38.3 Å². The molecule has 1 unspecified atom stereocenters. The molecule has 0 spiro atoms. The van der Waals surface area contributed by atoms with Crippen LogP contribution in [0.25, 0.3) is 5.57 Å². The van der Waals surface area contributed by atoms with Crippen molar-refractivity contribution in [1.29, 1.82) is 0 Å². The molecule has 3 heterocycles. The van der Waals surface area contributed by atoms with Crippen LogP contribution in [0.15, 0.2) is 11.1 Å². The Hall–Kier alpha value is -1.45. The van der Waals surface area contributed by atoms with E-state index in [1.54, 1.807) is 11.8 Å². The predicted octanol–water partition coefficient (Wildman–Crippen LogP) is 2.25.